The van der Waals surface area contributed by atoms with Crippen LogP contribution in [-0.4, -0.2) is 31.8 Å². The van der Waals surface area contributed by atoms with Gasteiger partial charge in [0.15, 0.2) is 0 Å². The second-order valence-corrected chi connectivity index (χ2v) is 6.86. The van der Waals surface area contributed by atoms with E-state index in [2.05, 4.69) is 15.4 Å². The number of carbonyl (C=O) groups excluding carboxylic acids is 1. The van der Waals surface area contributed by atoms with Crippen molar-refractivity contribution < 1.29 is 4.79 Å². The number of hydrogen-bond donors (Lipinski definition) is 1. The zero-order valence-corrected chi connectivity index (χ0v) is 14.8. The Hall–Kier alpha value is -3.00. The topological polar surface area (TPSA) is 81.8 Å². The monoisotopic (exact) mass is 367 g/mol. The second kappa shape index (κ2) is 7.09. The summed E-state index contributed by atoms with van der Waals surface area (Å²) in [6.07, 6.45) is 4.02. The highest BCUT2D eigenvalue weighted by atomic mass is 32.1. The van der Waals surface area contributed by atoms with Crippen molar-refractivity contribution in [1.82, 2.24) is 24.6 Å². The van der Waals surface area contributed by atoms with Crippen molar-refractivity contribution in [3.8, 4) is 0 Å². The van der Waals surface area contributed by atoms with Crippen molar-refractivity contribution in [2.45, 2.75) is 19.5 Å². The molecule has 0 atom stereocenters. The number of benzene rings is 1. The first-order valence-electron chi connectivity index (χ1n) is 8.32. The standard InChI is InChI=1S/C18H17N5O2S/c24-16(11-22-12-20-14-6-9-26-17(14)18(22)25)19-7-3-8-23-15-5-2-1-4-13(15)10-21-23/h1-2,4-6,9-10,12H,3,7-8,11H2,(H,19,24). The van der Waals surface area contributed by atoms with Crippen LogP contribution in [0.5, 0.6) is 0 Å². The Bertz CT molecular complexity index is 1130. The Morgan fingerprint density at radius 1 is 1.23 bits per heavy atom. The predicted molar refractivity (Wildman–Crippen MR) is 101 cm³/mol. The molecule has 1 aromatic carbocycles. The molecule has 1 amide bonds. The van der Waals surface area contributed by atoms with Crippen LogP contribution in [0.1, 0.15) is 6.42 Å². The van der Waals surface area contributed by atoms with E-state index in [4.69, 9.17) is 0 Å². The lowest BCUT2D eigenvalue weighted by molar-refractivity contribution is -0.121. The normalized spacial score (nSPS) is 11.2. The zero-order valence-electron chi connectivity index (χ0n) is 14.0. The van der Waals surface area contributed by atoms with Gasteiger partial charge in [0.05, 0.1) is 23.6 Å². The summed E-state index contributed by atoms with van der Waals surface area (Å²) in [4.78, 5) is 28.6. The highest BCUT2D eigenvalue weighted by molar-refractivity contribution is 7.17. The molecule has 4 aromatic rings. The quantitative estimate of drug-likeness (QED) is 0.529. The van der Waals surface area contributed by atoms with E-state index >= 15 is 0 Å². The van der Waals surface area contributed by atoms with Gasteiger partial charge in [0, 0.05) is 18.5 Å². The molecule has 3 heterocycles. The van der Waals surface area contributed by atoms with Gasteiger partial charge in [-0.2, -0.15) is 5.10 Å². The Morgan fingerprint density at radius 2 is 2.12 bits per heavy atom. The number of thiophene rings is 1. The van der Waals surface area contributed by atoms with Crippen molar-refractivity contribution >= 4 is 38.4 Å². The number of aromatic nitrogens is 4. The Balaban J connectivity index is 1.31. The molecule has 3 aromatic heterocycles. The van der Waals surface area contributed by atoms with Crippen LogP contribution in [0, 0.1) is 0 Å². The summed E-state index contributed by atoms with van der Waals surface area (Å²) < 4.78 is 3.85. The lowest BCUT2D eigenvalue weighted by Crippen LogP contribution is -2.33. The summed E-state index contributed by atoms with van der Waals surface area (Å²) in [7, 11) is 0. The Morgan fingerprint density at radius 3 is 3.04 bits per heavy atom. The molecule has 0 bridgehead atoms. The summed E-state index contributed by atoms with van der Waals surface area (Å²) >= 11 is 1.34. The van der Waals surface area contributed by atoms with Crippen LogP contribution < -0.4 is 10.9 Å². The molecule has 0 aliphatic rings. The van der Waals surface area contributed by atoms with Gasteiger partial charge in [-0.25, -0.2) is 4.98 Å². The van der Waals surface area contributed by atoms with Crippen molar-refractivity contribution in [2.24, 2.45) is 0 Å². The fourth-order valence-electron chi connectivity index (χ4n) is 2.86. The smallest absolute Gasteiger partial charge is 0.271 e. The first kappa shape index (κ1) is 16.5. The van der Waals surface area contributed by atoms with Crippen LogP contribution in [0.4, 0.5) is 0 Å². The first-order valence-corrected chi connectivity index (χ1v) is 9.20. The van der Waals surface area contributed by atoms with Gasteiger partial charge in [0.1, 0.15) is 11.2 Å². The van der Waals surface area contributed by atoms with E-state index < -0.39 is 0 Å². The molecule has 26 heavy (non-hydrogen) atoms. The van der Waals surface area contributed by atoms with Crippen LogP contribution in [-0.2, 0) is 17.9 Å². The van der Waals surface area contributed by atoms with Gasteiger partial charge in [-0.1, -0.05) is 18.2 Å². The van der Waals surface area contributed by atoms with Gasteiger partial charge in [-0.05, 0) is 23.9 Å². The van der Waals surface area contributed by atoms with Gasteiger partial charge in [0.2, 0.25) is 5.91 Å². The third-order valence-electron chi connectivity index (χ3n) is 4.17. The minimum absolute atomic E-state index is 0.0234. The number of hydrogen-bond acceptors (Lipinski definition) is 5. The largest absolute Gasteiger partial charge is 0.354 e. The zero-order chi connectivity index (χ0) is 17.9. The van der Waals surface area contributed by atoms with Crippen LogP contribution in [0.2, 0.25) is 0 Å². The third-order valence-corrected chi connectivity index (χ3v) is 5.06. The number of para-hydroxylation sites is 1. The molecule has 0 saturated carbocycles. The summed E-state index contributed by atoms with van der Waals surface area (Å²) in [5.41, 5.74) is 1.58. The van der Waals surface area contributed by atoms with Gasteiger partial charge < -0.3 is 5.32 Å². The number of aryl methyl sites for hydroxylation is 1. The van der Waals surface area contributed by atoms with E-state index in [0.29, 0.717) is 16.8 Å². The molecular formula is C18H17N5O2S. The molecule has 7 nitrogen and oxygen atoms in total. The van der Waals surface area contributed by atoms with Crippen LogP contribution in [0.3, 0.4) is 0 Å². The summed E-state index contributed by atoms with van der Waals surface area (Å²) in [5.74, 6) is -0.199. The first-order chi connectivity index (χ1) is 12.7. The van der Waals surface area contributed by atoms with Gasteiger partial charge >= 0.3 is 0 Å². The number of carbonyl (C=O) groups is 1. The number of nitrogens with zero attached hydrogens (tertiary/aromatic N) is 4. The summed E-state index contributed by atoms with van der Waals surface area (Å²) in [6, 6.07) is 9.82. The minimum atomic E-state index is -0.199. The average molecular weight is 367 g/mol. The Labute approximate surface area is 152 Å². The van der Waals surface area contributed by atoms with E-state index in [9.17, 15) is 9.59 Å². The number of amides is 1. The highest BCUT2D eigenvalue weighted by Gasteiger charge is 2.09. The SMILES string of the molecule is O=C(Cn1cnc2ccsc2c1=O)NCCCn1ncc2ccccc21. The van der Waals surface area contributed by atoms with E-state index in [1.54, 1.807) is 6.07 Å². The Kier molecular flexibility index (Phi) is 4.49. The average Bonchev–Trinajstić information content (AvgIpc) is 3.29. The lowest BCUT2D eigenvalue weighted by atomic mass is 10.2. The van der Waals surface area contributed by atoms with E-state index in [-0.39, 0.29) is 18.0 Å². The fraction of sp³-hybridized carbons (Fsp3) is 0.222. The van der Waals surface area contributed by atoms with Gasteiger partial charge in [0.25, 0.3) is 5.56 Å². The van der Waals surface area contributed by atoms with Crippen LogP contribution in [0.15, 0.2) is 53.0 Å². The number of fused-ring (bicyclic) bond motifs is 2. The third kappa shape index (κ3) is 3.23. The lowest BCUT2D eigenvalue weighted by Gasteiger charge is -2.08. The van der Waals surface area contributed by atoms with E-state index in [1.807, 2.05) is 40.5 Å². The maximum Gasteiger partial charge on any atom is 0.271 e. The van der Waals surface area contributed by atoms with E-state index in [0.717, 1.165) is 23.9 Å². The summed E-state index contributed by atoms with van der Waals surface area (Å²) in [6.45, 7) is 1.22. The van der Waals surface area contributed by atoms with Crippen LogP contribution >= 0.6 is 11.3 Å². The maximum atomic E-state index is 12.3. The molecule has 8 heteroatoms. The van der Waals surface area contributed by atoms with Crippen molar-refractivity contribution in [3.63, 3.8) is 0 Å². The molecule has 4 rings (SSSR count). The molecule has 0 spiro atoms. The molecule has 0 fully saturated rings. The number of nitrogens with one attached hydrogen (secondary N) is 1. The van der Waals surface area contributed by atoms with Crippen molar-refractivity contribution in [3.05, 3.63) is 58.6 Å². The minimum Gasteiger partial charge on any atom is -0.354 e. The van der Waals surface area contributed by atoms with Gasteiger partial charge in [-0.15, -0.1) is 11.3 Å². The summed E-state index contributed by atoms with van der Waals surface area (Å²) in [5, 5.41) is 10.1. The van der Waals surface area contributed by atoms with Crippen molar-refractivity contribution in [1.29, 1.82) is 0 Å². The highest BCUT2D eigenvalue weighted by Crippen LogP contribution is 2.13. The molecule has 1 N–H and O–H groups in total. The molecule has 0 aliphatic heterocycles. The molecule has 0 radical (unpaired) electrons. The molecule has 0 saturated heterocycles. The van der Waals surface area contributed by atoms with Crippen LogP contribution in [0.25, 0.3) is 21.1 Å². The number of rotatable bonds is 6. The molecule has 0 unspecified atom stereocenters. The molecule has 0 aliphatic carbocycles. The second-order valence-electron chi connectivity index (χ2n) is 5.94. The van der Waals surface area contributed by atoms with E-state index in [1.165, 1.54) is 22.2 Å². The molecular weight excluding hydrogens is 350 g/mol. The fourth-order valence-corrected chi connectivity index (χ4v) is 3.66. The predicted octanol–water partition coefficient (Wildman–Crippen LogP) is 2.01. The maximum absolute atomic E-state index is 12.3. The molecule has 132 valence electrons. The van der Waals surface area contributed by atoms with Gasteiger partial charge in [-0.3, -0.25) is 18.8 Å². The van der Waals surface area contributed by atoms with Crippen molar-refractivity contribution in [2.75, 3.05) is 6.54 Å².